The number of hydrogen-bond acceptors (Lipinski definition) is 4. The van der Waals surface area contributed by atoms with E-state index >= 15 is 0 Å². The van der Waals surface area contributed by atoms with Gasteiger partial charge in [-0.05, 0) is 62.1 Å². The van der Waals surface area contributed by atoms with Gasteiger partial charge in [0.15, 0.2) is 0 Å². The molecule has 0 radical (unpaired) electrons. The first kappa shape index (κ1) is 23.4. The first-order valence-electron chi connectivity index (χ1n) is 11.9. The number of amides is 4. The zero-order chi connectivity index (χ0) is 23.8. The largest absolute Gasteiger partial charge is 0.343 e. The summed E-state index contributed by atoms with van der Waals surface area (Å²) < 4.78 is 13.5. The zero-order valence-electron chi connectivity index (χ0n) is 19.3. The average molecular weight is 458 g/mol. The minimum Gasteiger partial charge on any atom is -0.343 e. The SMILES string of the molecule is CC(=O)C(C)CC(=O)N1CCC(C2(Cc3ccc(F)cc3)NC(=O)N(CC3CC3)C2=O)CC1. The number of Topliss-reactive ketones (excluding diaryl/α,β-unsaturated/α-hetero) is 1. The van der Waals surface area contributed by atoms with Crippen molar-refractivity contribution in [3.8, 4) is 0 Å². The van der Waals surface area contributed by atoms with Crippen LogP contribution in [0.15, 0.2) is 24.3 Å². The molecule has 178 valence electrons. The number of nitrogens with zero attached hydrogens (tertiary/aromatic N) is 2. The topological polar surface area (TPSA) is 86.8 Å². The number of carbonyl (C=O) groups is 4. The first-order chi connectivity index (χ1) is 15.7. The number of carbonyl (C=O) groups excluding carboxylic acids is 4. The molecule has 2 atom stereocenters. The Kier molecular flexibility index (Phi) is 6.54. The van der Waals surface area contributed by atoms with Crippen LogP contribution in [0.3, 0.4) is 0 Å². The molecule has 2 heterocycles. The quantitative estimate of drug-likeness (QED) is 0.608. The summed E-state index contributed by atoms with van der Waals surface area (Å²) in [5.74, 6) is -0.698. The van der Waals surface area contributed by atoms with Crippen molar-refractivity contribution in [2.24, 2.45) is 17.8 Å². The molecule has 0 spiro atoms. The maximum Gasteiger partial charge on any atom is 0.325 e. The van der Waals surface area contributed by atoms with Gasteiger partial charge in [-0.3, -0.25) is 19.3 Å². The van der Waals surface area contributed by atoms with Gasteiger partial charge in [0.05, 0.1) is 0 Å². The molecule has 1 saturated carbocycles. The van der Waals surface area contributed by atoms with Gasteiger partial charge in [0, 0.05) is 38.4 Å². The summed E-state index contributed by atoms with van der Waals surface area (Å²) in [6.45, 7) is 4.64. The van der Waals surface area contributed by atoms with Crippen LogP contribution in [0.2, 0.25) is 0 Å². The molecule has 1 aromatic rings. The molecular weight excluding hydrogens is 425 g/mol. The summed E-state index contributed by atoms with van der Waals surface area (Å²) in [5, 5.41) is 3.02. The minimum atomic E-state index is -1.09. The van der Waals surface area contributed by atoms with Gasteiger partial charge in [-0.25, -0.2) is 9.18 Å². The molecule has 4 rings (SSSR count). The third-order valence-corrected chi connectivity index (χ3v) is 7.46. The first-order valence-corrected chi connectivity index (χ1v) is 11.9. The summed E-state index contributed by atoms with van der Waals surface area (Å²) >= 11 is 0. The molecule has 2 aliphatic heterocycles. The van der Waals surface area contributed by atoms with Crippen molar-refractivity contribution in [1.29, 1.82) is 0 Å². The standard InChI is InChI=1S/C25H32FN3O4/c1-16(17(2)30)13-22(31)28-11-9-20(10-12-28)25(14-18-5-7-21(26)8-6-18)23(32)29(24(33)27-25)15-19-3-4-19/h5-8,16,19-20H,3-4,9-15H2,1-2H3,(H,27,33). The highest BCUT2D eigenvalue weighted by Gasteiger charge is 2.56. The molecule has 7 nitrogen and oxygen atoms in total. The van der Waals surface area contributed by atoms with E-state index in [0.29, 0.717) is 44.8 Å². The van der Waals surface area contributed by atoms with Gasteiger partial charge in [0.2, 0.25) is 5.91 Å². The Morgan fingerprint density at radius 2 is 1.76 bits per heavy atom. The van der Waals surface area contributed by atoms with Crippen LogP contribution in [0.1, 0.15) is 51.5 Å². The predicted molar refractivity (Wildman–Crippen MR) is 120 cm³/mol. The molecule has 1 aliphatic carbocycles. The Labute approximate surface area is 193 Å². The van der Waals surface area contributed by atoms with E-state index in [1.54, 1.807) is 24.0 Å². The lowest BCUT2D eigenvalue weighted by atomic mass is 9.73. The van der Waals surface area contributed by atoms with Crippen molar-refractivity contribution in [2.45, 2.75) is 57.9 Å². The molecule has 3 aliphatic rings. The van der Waals surface area contributed by atoms with E-state index in [2.05, 4.69) is 5.32 Å². The summed E-state index contributed by atoms with van der Waals surface area (Å²) in [6.07, 6.45) is 3.68. The number of nitrogens with one attached hydrogen (secondary N) is 1. The van der Waals surface area contributed by atoms with Crippen molar-refractivity contribution < 1.29 is 23.6 Å². The Bertz CT molecular complexity index is 937. The van der Waals surface area contributed by atoms with Gasteiger partial charge in [-0.1, -0.05) is 19.1 Å². The van der Waals surface area contributed by atoms with E-state index in [1.165, 1.54) is 24.0 Å². The Balaban J connectivity index is 1.51. The fraction of sp³-hybridized carbons (Fsp3) is 0.600. The van der Waals surface area contributed by atoms with Crippen LogP contribution in [0.4, 0.5) is 9.18 Å². The molecule has 1 aromatic carbocycles. The molecule has 3 fully saturated rings. The highest BCUT2D eigenvalue weighted by Crippen LogP contribution is 2.39. The number of imide groups is 1. The number of ketones is 1. The third-order valence-electron chi connectivity index (χ3n) is 7.46. The summed E-state index contributed by atoms with van der Waals surface area (Å²) in [4.78, 5) is 53.8. The molecule has 4 amide bonds. The van der Waals surface area contributed by atoms with E-state index in [-0.39, 0.29) is 47.7 Å². The average Bonchev–Trinajstić information content (AvgIpc) is 3.58. The van der Waals surface area contributed by atoms with E-state index in [9.17, 15) is 23.6 Å². The lowest BCUT2D eigenvalue weighted by molar-refractivity contribution is -0.138. The number of piperidine rings is 1. The van der Waals surface area contributed by atoms with Crippen molar-refractivity contribution in [3.05, 3.63) is 35.6 Å². The van der Waals surface area contributed by atoms with Gasteiger partial charge in [-0.2, -0.15) is 0 Å². The lowest BCUT2D eigenvalue weighted by Gasteiger charge is -2.41. The van der Waals surface area contributed by atoms with Crippen molar-refractivity contribution >= 4 is 23.6 Å². The van der Waals surface area contributed by atoms with Gasteiger partial charge < -0.3 is 10.2 Å². The molecule has 0 aromatic heterocycles. The highest BCUT2D eigenvalue weighted by molar-refractivity contribution is 6.07. The number of halogens is 1. The monoisotopic (exact) mass is 457 g/mol. The van der Waals surface area contributed by atoms with Gasteiger partial charge >= 0.3 is 6.03 Å². The summed E-state index contributed by atoms with van der Waals surface area (Å²) in [7, 11) is 0. The van der Waals surface area contributed by atoms with Crippen LogP contribution in [0.25, 0.3) is 0 Å². The number of likely N-dealkylation sites (tertiary alicyclic amines) is 1. The highest BCUT2D eigenvalue weighted by atomic mass is 19.1. The Hall–Kier alpha value is -2.77. The van der Waals surface area contributed by atoms with Crippen molar-refractivity contribution in [2.75, 3.05) is 19.6 Å². The van der Waals surface area contributed by atoms with Crippen LogP contribution >= 0.6 is 0 Å². The van der Waals surface area contributed by atoms with Crippen LogP contribution in [0, 0.1) is 23.6 Å². The molecule has 2 unspecified atom stereocenters. The number of rotatable bonds is 8. The second kappa shape index (κ2) is 9.23. The van der Waals surface area contributed by atoms with Crippen molar-refractivity contribution in [3.63, 3.8) is 0 Å². The third kappa shape index (κ3) is 4.94. The molecule has 0 bridgehead atoms. The summed E-state index contributed by atoms with van der Waals surface area (Å²) in [5.41, 5.74) is -0.307. The normalized spacial score (nSPS) is 24.7. The second-order valence-electron chi connectivity index (χ2n) is 9.93. The van der Waals surface area contributed by atoms with Gasteiger partial charge in [0.1, 0.15) is 17.1 Å². The maximum atomic E-state index is 13.7. The lowest BCUT2D eigenvalue weighted by Crippen LogP contribution is -2.58. The van der Waals surface area contributed by atoms with Gasteiger partial charge in [-0.15, -0.1) is 0 Å². The number of hydrogen-bond donors (Lipinski definition) is 1. The van der Waals surface area contributed by atoms with E-state index in [0.717, 1.165) is 18.4 Å². The smallest absolute Gasteiger partial charge is 0.325 e. The number of urea groups is 1. The van der Waals surface area contributed by atoms with Crippen LogP contribution in [0.5, 0.6) is 0 Å². The minimum absolute atomic E-state index is 0.00787. The zero-order valence-corrected chi connectivity index (χ0v) is 19.3. The predicted octanol–water partition coefficient (Wildman–Crippen LogP) is 2.92. The molecule has 2 saturated heterocycles. The fourth-order valence-corrected chi connectivity index (χ4v) is 4.99. The second-order valence-corrected chi connectivity index (χ2v) is 9.93. The van der Waals surface area contributed by atoms with Crippen LogP contribution < -0.4 is 5.32 Å². The van der Waals surface area contributed by atoms with Crippen LogP contribution in [-0.2, 0) is 20.8 Å². The molecule has 1 N–H and O–H groups in total. The Morgan fingerprint density at radius 3 is 2.33 bits per heavy atom. The maximum absolute atomic E-state index is 13.7. The van der Waals surface area contributed by atoms with E-state index in [4.69, 9.17) is 0 Å². The Morgan fingerprint density at radius 1 is 1.12 bits per heavy atom. The van der Waals surface area contributed by atoms with Gasteiger partial charge in [0.25, 0.3) is 5.91 Å². The number of benzene rings is 1. The molecule has 33 heavy (non-hydrogen) atoms. The molecular formula is C25H32FN3O4. The van der Waals surface area contributed by atoms with E-state index < -0.39 is 5.54 Å². The fourth-order valence-electron chi connectivity index (χ4n) is 4.99. The molecule has 8 heteroatoms. The van der Waals surface area contributed by atoms with Crippen molar-refractivity contribution in [1.82, 2.24) is 15.1 Å². The summed E-state index contributed by atoms with van der Waals surface area (Å²) in [6, 6.07) is 5.68. The van der Waals surface area contributed by atoms with E-state index in [1.807, 2.05) is 0 Å². The van der Waals surface area contributed by atoms with Crippen LogP contribution in [-0.4, -0.2) is 58.6 Å².